The average Bonchev–Trinajstić information content (AvgIpc) is 3.50. The van der Waals surface area contributed by atoms with Crippen LogP contribution < -0.4 is 10.6 Å². The Morgan fingerprint density at radius 3 is 2.43 bits per heavy atom. The zero-order valence-electron chi connectivity index (χ0n) is 23.2. The highest BCUT2D eigenvalue weighted by Crippen LogP contribution is 2.41. The van der Waals surface area contributed by atoms with Crippen molar-refractivity contribution < 1.29 is 9.53 Å². The molecule has 1 saturated carbocycles. The van der Waals surface area contributed by atoms with Crippen LogP contribution in [0.1, 0.15) is 71.2 Å². The van der Waals surface area contributed by atoms with Crippen LogP contribution in [0.4, 0.5) is 0 Å². The van der Waals surface area contributed by atoms with Gasteiger partial charge in [0, 0.05) is 30.6 Å². The predicted molar refractivity (Wildman–Crippen MR) is 147 cm³/mol. The number of aryl methyl sites for hydroxylation is 2. The highest BCUT2D eigenvalue weighted by Gasteiger charge is 2.34. The maximum atomic E-state index is 11.7. The molecule has 2 aromatic rings. The Bertz CT molecular complexity index is 988. The van der Waals surface area contributed by atoms with E-state index in [1.165, 1.54) is 24.8 Å². The standard InChI is InChI=1S/C15H26N2O2.C14H18N4/c1-11(2)16-8-9-17-15(18)10-19-14-7-6-12-4-3-5-13(12)14;1-10(2)4-5-12-6-8-13(9-7-12)14-17-15-11(3)16-18-14/h4,11,13-14,16H,3,5-10H2,1-2H3,(H,17,18);6-10H,4-5H2,1-3H3/t13?,14-;/m0./s1. The van der Waals surface area contributed by atoms with Gasteiger partial charge in [-0.25, -0.2) is 0 Å². The number of fused-ring (bicyclic) bond motifs is 1. The number of nitrogens with zero attached hydrogens (tertiary/aromatic N) is 4. The van der Waals surface area contributed by atoms with Crippen LogP contribution in [-0.2, 0) is 16.0 Å². The van der Waals surface area contributed by atoms with E-state index in [1.54, 1.807) is 12.5 Å². The molecule has 1 aromatic carbocycles. The largest absolute Gasteiger partial charge is 0.368 e. The minimum atomic E-state index is 0.000910. The summed E-state index contributed by atoms with van der Waals surface area (Å²) in [6, 6.07) is 8.77. The molecule has 2 aliphatic carbocycles. The number of nitrogens with one attached hydrogen (secondary N) is 2. The maximum absolute atomic E-state index is 11.7. The fraction of sp³-hybridized carbons (Fsp3) is 0.621. The molecule has 1 aromatic heterocycles. The van der Waals surface area contributed by atoms with Crippen LogP contribution in [0.5, 0.6) is 0 Å². The molecule has 4 rings (SSSR count). The predicted octanol–water partition coefficient (Wildman–Crippen LogP) is 4.45. The monoisotopic (exact) mass is 508 g/mol. The highest BCUT2D eigenvalue weighted by atomic mass is 16.5. The Morgan fingerprint density at radius 1 is 1.03 bits per heavy atom. The molecule has 0 spiro atoms. The number of aromatic nitrogens is 4. The van der Waals surface area contributed by atoms with E-state index in [1.807, 2.05) is 12.1 Å². The number of allylic oxidation sites excluding steroid dienone is 1. The van der Waals surface area contributed by atoms with Gasteiger partial charge in [0.25, 0.3) is 0 Å². The second-order valence-electron chi connectivity index (χ2n) is 10.7. The van der Waals surface area contributed by atoms with Crippen molar-refractivity contribution in [3.05, 3.63) is 47.3 Å². The first-order valence-corrected chi connectivity index (χ1v) is 13.8. The van der Waals surface area contributed by atoms with E-state index in [-0.39, 0.29) is 18.6 Å². The fourth-order valence-electron chi connectivity index (χ4n) is 4.67. The van der Waals surface area contributed by atoms with Crippen LogP contribution in [0, 0.1) is 18.8 Å². The summed E-state index contributed by atoms with van der Waals surface area (Å²) >= 11 is 0. The number of hydrogen-bond donors (Lipinski definition) is 2. The topological polar surface area (TPSA) is 102 Å². The van der Waals surface area contributed by atoms with Crippen molar-refractivity contribution in [3.8, 4) is 11.4 Å². The van der Waals surface area contributed by atoms with E-state index in [0.29, 0.717) is 30.2 Å². The third-order valence-corrected chi connectivity index (χ3v) is 6.76. The molecule has 1 unspecified atom stereocenters. The lowest BCUT2D eigenvalue weighted by molar-refractivity contribution is -0.128. The first kappa shape index (κ1) is 28.9. The van der Waals surface area contributed by atoms with Gasteiger partial charge >= 0.3 is 0 Å². The van der Waals surface area contributed by atoms with Crippen LogP contribution >= 0.6 is 0 Å². The number of ether oxygens (including phenoxy) is 1. The fourth-order valence-corrected chi connectivity index (χ4v) is 4.67. The van der Waals surface area contributed by atoms with Crippen LogP contribution in [-0.4, -0.2) is 58.1 Å². The third-order valence-electron chi connectivity index (χ3n) is 6.76. The minimum Gasteiger partial charge on any atom is -0.368 e. The molecule has 202 valence electrons. The first-order valence-electron chi connectivity index (χ1n) is 13.8. The van der Waals surface area contributed by atoms with E-state index in [9.17, 15) is 4.79 Å². The molecule has 1 amide bonds. The highest BCUT2D eigenvalue weighted by molar-refractivity contribution is 5.77. The van der Waals surface area contributed by atoms with Crippen molar-refractivity contribution >= 4 is 5.91 Å². The van der Waals surface area contributed by atoms with Gasteiger partial charge in [0.1, 0.15) is 6.61 Å². The summed E-state index contributed by atoms with van der Waals surface area (Å²) in [5.74, 6) is 2.50. The number of carbonyl (C=O) groups is 1. The summed E-state index contributed by atoms with van der Waals surface area (Å²) in [6.07, 6.45) is 9.59. The number of benzene rings is 1. The Morgan fingerprint density at radius 2 is 1.76 bits per heavy atom. The molecule has 2 aliphatic rings. The minimum absolute atomic E-state index is 0.000910. The molecule has 0 saturated heterocycles. The third kappa shape index (κ3) is 9.93. The lowest BCUT2D eigenvalue weighted by Gasteiger charge is -2.18. The van der Waals surface area contributed by atoms with Gasteiger partial charge in [0.05, 0.1) is 6.10 Å². The molecule has 0 bridgehead atoms. The second kappa shape index (κ2) is 14.9. The quantitative estimate of drug-likeness (QED) is 0.342. The summed E-state index contributed by atoms with van der Waals surface area (Å²) in [6.45, 7) is 12.1. The zero-order chi connectivity index (χ0) is 26.6. The maximum Gasteiger partial charge on any atom is 0.246 e. The van der Waals surface area contributed by atoms with Crippen molar-refractivity contribution in [1.29, 1.82) is 0 Å². The molecule has 0 radical (unpaired) electrons. The average molecular weight is 509 g/mol. The van der Waals surface area contributed by atoms with Crippen LogP contribution in [0.15, 0.2) is 35.9 Å². The van der Waals surface area contributed by atoms with E-state index in [0.717, 1.165) is 37.3 Å². The van der Waals surface area contributed by atoms with Crippen molar-refractivity contribution in [2.45, 2.75) is 85.3 Å². The summed E-state index contributed by atoms with van der Waals surface area (Å²) in [4.78, 5) is 11.7. The normalized spacial score (nSPS) is 18.4. The molecule has 2 N–H and O–H groups in total. The van der Waals surface area contributed by atoms with Gasteiger partial charge in [-0.15, -0.1) is 20.4 Å². The van der Waals surface area contributed by atoms with Crippen LogP contribution in [0.3, 0.4) is 0 Å². The molecule has 0 aliphatic heterocycles. The molecular formula is C29H44N6O2. The second-order valence-corrected chi connectivity index (χ2v) is 10.7. The lowest BCUT2D eigenvalue weighted by atomic mass is 10.0. The van der Waals surface area contributed by atoms with Gasteiger partial charge in [0.2, 0.25) is 11.7 Å². The van der Waals surface area contributed by atoms with Crippen molar-refractivity contribution in [1.82, 2.24) is 31.0 Å². The van der Waals surface area contributed by atoms with E-state index >= 15 is 0 Å². The summed E-state index contributed by atoms with van der Waals surface area (Å²) in [5, 5.41) is 22.0. The molecule has 37 heavy (non-hydrogen) atoms. The number of hydrogen-bond acceptors (Lipinski definition) is 7. The lowest BCUT2D eigenvalue weighted by Crippen LogP contribution is -2.37. The molecule has 2 atom stereocenters. The van der Waals surface area contributed by atoms with Crippen molar-refractivity contribution in [2.75, 3.05) is 19.7 Å². The Balaban J connectivity index is 0.000000206. The Kier molecular flexibility index (Phi) is 11.6. The van der Waals surface area contributed by atoms with Gasteiger partial charge in [-0.2, -0.15) is 0 Å². The zero-order valence-corrected chi connectivity index (χ0v) is 23.2. The van der Waals surface area contributed by atoms with E-state index < -0.39 is 0 Å². The van der Waals surface area contributed by atoms with Crippen LogP contribution in [0.25, 0.3) is 11.4 Å². The van der Waals surface area contributed by atoms with Gasteiger partial charge in [-0.1, -0.05) is 63.6 Å². The number of rotatable bonds is 11. The smallest absolute Gasteiger partial charge is 0.246 e. The summed E-state index contributed by atoms with van der Waals surface area (Å²) in [5.41, 5.74) is 3.87. The van der Waals surface area contributed by atoms with Crippen molar-refractivity contribution in [2.24, 2.45) is 11.8 Å². The Labute approximate surface area is 222 Å². The SMILES string of the molecule is CC(C)NCCNC(=O)CO[C@H]1CCC2=CCCC21.Cc1nnc(-c2ccc(CCC(C)C)cc2)nn1. The molecule has 1 fully saturated rings. The van der Waals surface area contributed by atoms with Gasteiger partial charge in [0.15, 0.2) is 5.82 Å². The molecule has 8 heteroatoms. The Hall–Kier alpha value is -2.71. The van der Waals surface area contributed by atoms with Crippen LogP contribution in [0.2, 0.25) is 0 Å². The summed E-state index contributed by atoms with van der Waals surface area (Å²) in [7, 11) is 0. The van der Waals surface area contributed by atoms with E-state index in [2.05, 4.69) is 76.9 Å². The number of carbonyl (C=O) groups excluding carboxylic acids is 1. The number of amides is 1. The van der Waals surface area contributed by atoms with Gasteiger partial charge < -0.3 is 15.4 Å². The molecule has 8 nitrogen and oxygen atoms in total. The molecular weight excluding hydrogens is 464 g/mol. The molecule has 1 heterocycles. The van der Waals surface area contributed by atoms with Gasteiger partial charge in [-0.3, -0.25) is 4.79 Å². The van der Waals surface area contributed by atoms with Gasteiger partial charge in [-0.05, 0) is 56.9 Å². The van der Waals surface area contributed by atoms with Crippen molar-refractivity contribution in [3.63, 3.8) is 0 Å². The van der Waals surface area contributed by atoms with E-state index in [4.69, 9.17) is 4.74 Å². The summed E-state index contributed by atoms with van der Waals surface area (Å²) < 4.78 is 5.78. The first-order chi connectivity index (χ1) is 17.8.